The van der Waals surface area contributed by atoms with E-state index in [0.29, 0.717) is 46.1 Å². The summed E-state index contributed by atoms with van der Waals surface area (Å²) in [5, 5.41) is 11.3. The first-order valence-electron chi connectivity index (χ1n) is 12.3. The number of esters is 1. The molecule has 1 aliphatic heterocycles. The number of nitrogens with one attached hydrogen (secondary N) is 1. The summed E-state index contributed by atoms with van der Waals surface area (Å²) < 4.78 is 10.8. The monoisotopic (exact) mass is 514 g/mol. The lowest BCUT2D eigenvalue weighted by Crippen LogP contribution is -2.42. The van der Waals surface area contributed by atoms with Crippen molar-refractivity contribution in [3.8, 4) is 0 Å². The average molecular weight is 515 g/mol. The number of carbonyl (C=O) groups is 1. The quantitative estimate of drug-likeness (QED) is 0.398. The number of aryl methyl sites for hydroxylation is 1. The largest absolute Gasteiger partial charge is 0.459 e. The molecule has 0 bridgehead atoms. The Morgan fingerprint density at radius 1 is 1.28 bits per heavy atom. The SMILES string of the molecule is Cc1c(C(=O)OC(C)C)sc2nc(CN(CCN3CCOCC3)CC(O)c3ccccc3)[nH]c(=O)c12. The van der Waals surface area contributed by atoms with E-state index in [1.54, 1.807) is 20.8 Å². The fraction of sp³-hybridized carbons (Fsp3) is 0.500. The maximum absolute atomic E-state index is 13.0. The molecule has 0 saturated carbocycles. The molecule has 10 heteroatoms. The molecule has 1 fully saturated rings. The molecule has 2 N–H and O–H groups in total. The molecule has 194 valence electrons. The van der Waals surface area contributed by atoms with Gasteiger partial charge in [0.2, 0.25) is 0 Å². The van der Waals surface area contributed by atoms with Crippen LogP contribution in [0.4, 0.5) is 0 Å². The van der Waals surface area contributed by atoms with Gasteiger partial charge in [-0.25, -0.2) is 9.78 Å². The molecule has 1 saturated heterocycles. The van der Waals surface area contributed by atoms with E-state index in [4.69, 9.17) is 14.5 Å². The second-order valence-corrected chi connectivity index (χ2v) is 10.3. The van der Waals surface area contributed by atoms with Crippen LogP contribution in [0.1, 0.15) is 46.6 Å². The zero-order valence-electron chi connectivity index (χ0n) is 21.0. The van der Waals surface area contributed by atoms with Crippen molar-refractivity contribution in [2.45, 2.75) is 39.5 Å². The Kier molecular flexibility index (Phi) is 8.86. The summed E-state index contributed by atoms with van der Waals surface area (Å²) in [5.41, 5.74) is 1.15. The predicted octanol–water partition coefficient (Wildman–Crippen LogP) is 2.73. The normalized spacial score (nSPS) is 15.6. The number of benzene rings is 1. The Morgan fingerprint density at radius 2 is 2.00 bits per heavy atom. The number of aromatic amines is 1. The lowest BCUT2D eigenvalue weighted by atomic mass is 10.1. The van der Waals surface area contributed by atoms with Crippen molar-refractivity contribution in [2.75, 3.05) is 45.9 Å². The van der Waals surface area contributed by atoms with Crippen molar-refractivity contribution in [1.82, 2.24) is 19.8 Å². The van der Waals surface area contributed by atoms with Gasteiger partial charge in [0.05, 0.1) is 37.4 Å². The molecule has 1 aromatic carbocycles. The molecule has 2 aromatic heterocycles. The van der Waals surface area contributed by atoms with Crippen molar-refractivity contribution in [3.63, 3.8) is 0 Å². The van der Waals surface area contributed by atoms with Crippen LogP contribution in [-0.2, 0) is 16.0 Å². The number of ether oxygens (including phenoxy) is 2. The molecule has 0 aliphatic carbocycles. The predicted molar refractivity (Wildman–Crippen MR) is 139 cm³/mol. The summed E-state index contributed by atoms with van der Waals surface area (Å²) in [5.74, 6) is 0.0596. The molecule has 1 atom stereocenters. The molecule has 3 heterocycles. The van der Waals surface area contributed by atoms with Gasteiger partial charge in [-0.3, -0.25) is 14.6 Å². The van der Waals surface area contributed by atoms with Crippen LogP contribution in [0.15, 0.2) is 35.1 Å². The molecule has 1 aliphatic rings. The van der Waals surface area contributed by atoms with E-state index >= 15 is 0 Å². The smallest absolute Gasteiger partial charge is 0.348 e. The minimum Gasteiger partial charge on any atom is -0.459 e. The van der Waals surface area contributed by atoms with Gasteiger partial charge in [0.1, 0.15) is 15.5 Å². The molecule has 36 heavy (non-hydrogen) atoms. The highest BCUT2D eigenvalue weighted by Gasteiger charge is 2.22. The number of morpholine rings is 1. The number of aliphatic hydroxyl groups is 1. The van der Waals surface area contributed by atoms with Gasteiger partial charge in [0, 0.05) is 32.7 Å². The van der Waals surface area contributed by atoms with Crippen LogP contribution in [0.2, 0.25) is 0 Å². The Labute approximate surface area is 214 Å². The van der Waals surface area contributed by atoms with Gasteiger partial charge in [0.25, 0.3) is 5.56 Å². The summed E-state index contributed by atoms with van der Waals surface area (Å²) in [6.07, 6.45) is -0.923. The first kappa shape index (κ1) is 26.4. The first-order valence-corrected chi connectivity index (χ1v) is 13.1. The number of carbonyl (C=O) groups excluding carboxylic acids is 1. The van der Waals surface area contributed by atoms with Gasteiger partial charge in [-0.05, 0) is 31.9 Å². The van der Waals surface area contributed by atoms with Crippen molar-refractivity contribution in [2.24, 2.45) is 0 Å². The minimum absolute atomic E-state index is 0.250. The lowest BCUT2D eigenvalue weighted by Gasteiger charge is -2.30. The Morgan fingerprint density at radius 3 is 2.69 bits per heavy atom. The Balaban J connectivity index is 1.56. The summed E-state index contributed by atoms with van der Waals surface area (Å²) in [6.45, 7) is 10.8. The number of nitrogens with zero attached hydrogens (tertiary/aromatic N) is 3. The minimum atomic E-state index is -0.673. The summed E-state index contributed by atoms with van der Waals surface area (Å²) in [7, 11) is 0. The maximum atomic E-state index is 13.0. The van der Waals surface area contributed by atoms with Crippen LogP contribution in [0.5, 0.6) is 0 Å². The number of rotatable bonds is 10. The van der Waals surface area contributed by atoms with E-state index in [1.165, 1.54) is 11.3 Å². The van der Waals surface area contributed by atoms with Gasteiger partial charge in [-0.15, -0.1) is 11.3 Å². The van der Waals surface area contributed by atoms with Gasteiger partial charge < -0.3 is 19.6 Å². The van der Waals surface area contributed by atoms with Crippen LogP contribution in [-0.4, -0.2) is 82.9 Å². The third-order valence-corrected chi connectivity index (χ3v) is 7.37. The Hall–Kier alpha value is -2.63. The van der Waals surface area contributed by atoms with E-state index in [9.17, 15) is 14.7 Å². The molecule has 0 amide bonds. The fourth-order valence-corrected chi connectivity index (χ4v) is 5.39. The van der Waals surface area contributed by atoms with Gasteiger partial charge >= 0.3 is 5.97 Å². The number of aromatic nitrogens is 2. The van der Waals surface area contributed by atoms with E-state index in [0.717, 1.165) is 38.4 Å². The van der Waals surface area contributed by atoms with Crippen molar-refractivity contribution in [3.05, 3.63) is 62.5 Å². The second kappa shape index (κ2) is 12.1. The summed E-state index contributed by atoms with van der Waals surface area (Å²) in [4.78, 5) is 38.4. The highest BCUT2D eigenvalue weighted by Crippen LogP contribution is 2.28. The fourth-order valence-electron chi connectivity index (χ4n) is 4.31. The van der Waals surface area contributed by atoms with Crippen molar-refractivity contribution >= 4 is 27.5 Å². The molecule has 0 radical (unpaired) electrons. The van der Waals surface area contributed by atoms with Crippen LogP contribution in [0.25, 0.3) is 10.2 Å². The van der Waals surface area contributed by atoms with E-state index in [2.05, 4.69) is 14.8 Å². The number of H-pyrrole nitrogens is 1. The van der Waals surface area contributed by atoms with Crippen LogP contribution in [0.3, 0.4) is 0 Å². The third-order valence-electron chi connectivity index (χ3n) is 6.20. The second-order valence-electron chi connectivity index (χ2n) is 9.32. The Bertz CT molecular complexity index is 1220. The van der Waals surface area contributed by atoms with Gasteiger partial charge in [-0.2, -0.15) is 0 Å². The van der Waals surface area contributed by atoms with Crippen LogP contribution in [0, 0.1) is 6.92 Å². The zero-order chi connectivity index (χ0) is 25.7. The third kappa shape index (κ3) is 6.57. The van der Waals surface area contributed by atoms with E-state index < -0.39 is 12.1 Å². The summed E-state index contributed by atoms with van der Waals surface area (Å²) in [6, 6.07) is 9.55. The lowest BCUT2D eigenvalue weighted by molar-refractivity contribution is 0.0288. The highest BCUT2D eigenvalue weighted by atomic mass is 32.1. The van der Waals surface area contributed by atoms with Gasteiger partial charge in [-0.1, -0.05) is 30.3 Å². The molecule has 1 unspecified atom stereocenters. The molecule has 9 nitrogen and oxygen atoms in total. The van der Waals surface area contributed by atoms with Gasteiger partial charge in [0.15, 0.2) is 0 Å². The van der Waals surface area contributed by atoms with E-state index in [1.807, 2.05) is 30.3 Å². The molecular formula is C26H34N4O5S. The summed E-state index contributed by atoms with van der Waals surface area (Å²) >= 11 is 1.18. The van der Waals surface area contributed by atoms with E-state index in [-0.39, 0.29) is 11.7 Å². The van der Waals surface area contributed by atoms with Crippen LogP contribution >= 0.6 is 11.3 Å². The number of hydrogen-bond acceptors (Lipinski definition) is 9. The topological polar surface area (TPSA) is 108 Å². The number of thiophene rings is 1. The molecule has 4 rings (SSSR count). The zero-order valence-corrected chi connectivity index (χ0v) is 21.8. The van der Waals surface area contributed by atoms with Crippen molar-refractivity contribution in [1.29, 1.82) is 0 Å². The number of aliphatic hydroxyl groups excluding tert-OH is 1. The van der Waals surface area contributed by atoms with Crippen molar-refractivity contribution < 1.29 is 19.4 Å². The number of fused-ring (bicyclic) bond motifs is 1. The molecule has 3 aromatic rings. The average Bonchev–Trinajstić information content (AvgIpc) is 3.20. The first-order chi connectivity index (χ1) is 17.3. The highest BCUT2D eigenvalue weighted by molar-refractivity contribution is 7.20. The molecular weight excluding hydrogens is 480 g/mol. The standard InChI is InChI=1S/C26H34N4O5S/c1-17(2)35-26(33)23-18(3)22-24(32)27-21(28-25(22)36-23)16-30(10-9-29-11-13-34-14-12-29)15-20(31)19-7-5-4-6-8-19/h4-8,17,20,31H,9-16H2,1-3H3,(H,27,28,32). The maximum Gasteiger partial charge on any atom is 0.348 e. The van der Waals surface area contributed by atoms with Crippen LogP contribution < -0.4 is 5.56 Å². The number of hydrogen-bond donors (Lipinski definition) is 2. The molecule has 0 spiro atoms.